The molecule has 0 aromatic heterocycles. The first-order valence-corrected chi connectivity index (χ1v) is 7.18. The summed E-state index contributed by atoms with van der Waals surface area (Å²) in [6.07, 6.45) is -0.936. The van der Waals surface area contributed by atoms with Crippen molar-refractivity contribution in [3.63, 3.8) is 0 Å². The Morgan fingerprint density at radius 3 is 2.45 bits per heavy atom. The Hall–Kier alpha value is -1.92. The van der Waals surface area contributed by atoms with Gasteiger partial charge in [0.1, 0.15) is 24.0 Å². The Labute approximate surface area is 130 Å². The van der Waals surface area contributed by atoms with Crippen molar-refractivity contribution in [3.8, 4) is 5.75 Å². The molecule has 0 aliphatic carbocycles. The lowest BCUT2D eigenvalue weighted by Gasteiger charge is -2.26. The van der Waals surface area contributed by atoms with Crippen LogP contribution in [-0.4, -0.2) is 61.9 Å². The molecule has 0 amide bonds. The van der Waals surface area contributed by atoms with Gasteiger partial charge in [-0.05, 0) is 19.1 Å². The van der Waals surface area contributed by atoms with Crippen LogP contribution in [-0.2, 0) is 9.53 Å². The predicted octanol–water partition coefficient (Wildman–Crippen LogP) is 1.23. The summed E-state index contributed by atoms with van der Waals surface area (Å²) in [7, 11) is 5.76. The molecule has 6 nitrogen and oxygen atoms in total. The number of para-hydroxylation sites is 1. The Morgan fingerprint density at radius 2 is 1.86 bits per heavy atom. The number of hydrogen-bond acceptors (Lipinski definition) is 5. The van der Waals surface area contributed by atoms with Crippen molar-refractivity contribution in [1.29, 1.82) is 0 Å². The van der Waals surface area contributed by atoms with Crippen molar-refractivity contribution < 1.29 is 28.7 Å². The van der Waals surface area contributed by atoms with Gasteiger partial charge in [-0.15, -0.1) is 0 Å². The van der Waals surface area contributed by atoms with Crippen molar-refractivity contribution in [2.24, 2.45) is 0 Å². The van der Waals surface area contributed by atoms with E-state index < -0.39 is 18.0 Å². The molecule has 1 unspecified atom stereocenters. The molecule has 1 N–H and O–H groups in total. The number of carbonyl (C=O) groups is 2. The van der Waals surface area contributed by atoms with E-state index >= 15 is 0 Å². The standard InChI is InChI=1S/C16H24NO5/c1-5-21-16(20)13-8-6-7-9-14(13)22-15(19)10-12(18)11-17(2,3)4/h6-9,12,18H,5,10-11H2,1-4H3/q+1. The van der Waals surface area contributed by atoms with E-state index in [1.807, 2.05) is 21.1 Å². The maximum absolute atomic E-state index is 11.9. The first-order chi connectivity index (χ1) is 10.2. The van der Waals surface area contributed by atoms with Crippen LogP contribution >= 0.6 is 0 Å². The highest BCUT2D eigenvalue weighted by Crippen LogP contribution is 2.20. The minimum atomic E-state index is -0.803. The van der Waals surface area contributed by atoms with Gasteiger partial charge in [0, 0.05) is 0 Å². The van der Waals surface area contributed by atoms with E-state index in [1.165, 1.54) is 12.1 Å². The molecule has 0 radical (unpaired) electrons. The summed E-state index contributed by atoms with van der Waals surface area (Å²) in [5, 5.41) is 9.89. The third-order valence-corrected chi connectivity index (χ3v) is 2.77. The Kier molecular flexibility index (Phi) is 6.52. The second-order valence-corrected chi connectivity index (χ2v) is 6.02. The van der Waals surface area contributed by atoms with Gasteiger partial charge in [-0.25, -0.2) is 4.79 Å². The lowest BCUT2D eigenvalue weighted by atomic mass is 10.2. The van der Waals surface area contributed by atoms with Crippen molar-refractivity contribution in [3.05, 3.63) is 29.8 Å². The number of hydrogen-bond donors (Lipinski definition) is 1. The van der Waals surface area contributed by atoms with Crippen LogP contribution in [0.1, 0.15) is 23.7 Å². The molecule has 6 heteroatoms. The summed E-state index contributed by atoms with van der Waals surface area (Å²) in [5.41, 5.74) is 0.193. The van der Waals surface area contributed by atoms with Gasteiger partial charge in [-0.2, -0.15) is 0 Å². The van der Waals surface area contributed by atoms with Gasteiger partial charge in [-0.1, -0.05) is 12.1 Å². The molecule has 0 heterocycles. The summed E-state index contributed by atoms with van der Waals surface area (Å²) >= 11 is 0. The number of ether oxygens (including phenoxy) is 2. The number of quaternary nitrogens is 1. The third-order valence-electron chi connectivity index (χ3n) is 2.77. The molecule has 1 atom stereocenters. The van der Waals surface area contributed by atoms with Crippen LogP contribution < -0.4 is 4.74 Å². The first kappa shape index (κ1) is 18.1. The monoisotopic (exact) mass is 310 g/mol. The van der Waals surface area contributed by atoms with E-state index in [0.29, 0.717) is 11.0 Å². The number of aliphatic hydroxyl groups excluding tert-OH is 1. The highest BCUT2D eigenvalue weighted by molar-refractivity contribution is 5.93. The fourth-order valence-electron chi connectivity index (χ4n) is 1.99. The topological polar surface area (TPSA) is 72.8 Å². The van der Waals surface area contributed by atoms with E-state index in [4.69, 9.17) is 9.47 Å². The summed E-state index contributed by atoms with van der Waals surface area (Å²) in [4.78, 5) is 23.7. The summed E-state index contributed by atoms with van der Waals surface area (Å²) in [5.74, 6) is -0.987. The lowest BCUT2D eigenvalue weighted by molar-refractivity contribution is -0.873. The van der Waals surface area contributed by atoms with Gasteiger partial charge in [0.15, 0.2) is 0 Å². The van der Waals surface area contributed by atoms with Crippen LogP contribution in [0, 0.1) is 0 Å². The summed E-state index contributed by atoms with van der Waals surface area (Å²) in [6, 6.07) is 6.38. The molecule has 0 spiro atoms. The summed E-state index contributed by atoms with van der Waals surface area (Å²) < 4.78 is 10.6. The van der Waals surface area contributed by atoms with Crippen LogP contribution in [0.3, 0.4) is 0 Å². The minimum Gasteiger partial charge on any atom is -0.462 e. The molecule has 0 bridgehead atoms. The minimum absolute atomic E-state index is 0.132. The largest absolute Gasteiger partial charge is 0.462 e. The molecular formula is C16H24NO5+. The molecule has 122 valence electrons. The molecule has 1 rings (SSSR count). The smallest absolute Gasteiger partial charge is 0.341 e. The van der Waals surface area contributed by atoms with Crippen LogP contribution in [0.15, 0.2) is 24.3 Å². The van der Waals surface area contributed by atoms with Crippen LogP contribution in [0.5, 0.6) is 5.75 Å². The second-order valence-electron chi connectivity index (χ2n) is 6.02. The fourth-order valence-corrected chi connectivity index (χ4v) is 1.99. The molecule has 0 fully saturated rings. The van der Waals surface area contributed by atoms with Crippen LogP contribution in [0.2, 0.25) is 0 Å². The predicted molar refractivity (Wildman–Crippen MR) is 81.6 cm³/mol. The Bertz CT molecular complexity index is 522. The van der Waals surface area contributed by atoms with Gasteiger partial charge < -0.3 is 19.1 Å². The van der Waals surface area contributed by atoms with Crippen molar-refractivity contribution in [2.45, 2.75) is 19.4 Å². The molecule has 0 saturated heterocycles. The number of likely N-dealkylation sites (N-methyl/N-ethyl adjacent to an activating group) is 1. The van der Waals surface area contributed by atoms with E-state index in [0.717, 1.165) is 0 Å². The van der Waals surface area contributed by atoms with Gasteiger partial charge in [0.25, 0.3) is 0 Å². The van der Waals surface area contributed by atoms with Gasteiger partial charge in [-0.3, -0.25) is 4.79 Å². The van der Waals surface area contributed by atoms with Crippen molar-refractivity contribution >= 4 is 11.9 Å². The van der Waals surface area contributed by atoms with Crippen molar-refractivity contribution in [1.82, 2.24) is 0 Å². The number of rotatable bonds is 7. The quantitative estimate of drug-likeness (QED) is 0.466. The normalized spacial score (nSPS) is 12.6. The molecule has 1 aromatic carbocycles. The van der Waals surface area contributed by atoms with Gasteiger partial charge in [0.2, 0.25) is 0 Å². The second kappa shape index (κ2) is 7.91. The van der Waals surface area contributed by atoms with Crippen LogP contribution in [0.25, 0.3) is 0 Å². The molecule has 22 heavy (non-hydrogen) atoms. The van der Waals surface area contributed by atoms with E-state index in [1.54, 1.807) is 19.1 Å². The molecule has 0 aliphatic heterocycles. The maximum Gasteiger partial charge on any atom is 0.341 e. The third kappa shape index (κ3) is 6.24. The summed E-state index contributed by atoms with van der Waals surface area (Å²) in [6.45, 7) is 2.37. The number of aliphatic hydroxyl groups is 1. The number of nitrogens with zero attached hydrogens (tertiary/aromatic N) is 1. The lowest BCUT2D eigenvalue weighted by Crippen LogP contribution is -2.42. The zero-order chi connectivity index (χ0) is 16.8. The fraction of sp³-hybridized carbons (Fsp3) is 0.500. The first-order valence-electron chi connectivity index (χ1n) is 7.18. The highest BCUT2D eigenvalue weighted by atomic mass is 16.5. The Balaban J connectivity index is 2.70. The number of carbonyl (C=O) groups excluding carboxylic acids is 2. The number of benzene rings is 1. The van der Waals surface area contributed by atoms with Gasteiger partial charge >= 0.3 is 11.9 Å². The SMILES string of the molecule is CCOC(=O)c1ccccc1OC(=O)CC(O)C[N+](C)(C)C. The molecule has 1 aromatic rings. The van der Waals surface area contributed by atoms with Crippen LogP contribution in [0.4, 0.5) is 0 Å². The van der Waals surface area contributed by atoms with E-state index in [2.05, 4.69) is 0 Å². The number of esters is 2. The van der Waals surface area contributed by atoms with Crippen molar-refractivity contribution in [2.75, 3.05) is 34.3 Å². The average molecular weight is 310 g/mol. The highest BCUT2D eigenvalue weighted by Gasteiger charge is 2.21. The molecule has 0 saturated carbocycles. The molecule has 0 aliphatic rings. The zero-order valence-corrected chi connectivity index (χ0v) is 13.5. The average Bonchev–Trinajstić information content (AvgIpc) is 2.36. The zero-order valence-electron chi connectivity index (χ0n) is 13.5. The molecular weight excluding hydrogens is 286 g/mol. The Morgan fingerprint density at radius 1 is 1.23 bits per heavy atom. The van der Waals surface area contributed by atoms with Gasteiger partial charge in [0.05, 0.1) is 34.2 Å². The van der Waals surface area contributed by atoms with E-state index in [9.17, 15) is 14.7 Å². The van der Waals surface area contributed by atoms with E-state index in [-0.39, 0.29) is 24.3 Å². The maximum atomic E-state index is 11.9.